The Labute approximate surface area is 178 Å². The second-order valence-corrected chi connectivity index (χ2v) is 7.99. The first kappa shape index (κ1) is 22.9. The molecular weight excluding hydrogens is 415 g/mol. The fourth-order valence-electron chi connectivity index (χ4n) is 4.04. The van der Waals surface area contributed by atoms with E-state index in [0.717, 1.165) is 37.7 Å². The zero-order chi connectivity index (χ0) is 22.6. The zero-order valence-corrected chi connectivity index (χ0v) is 17.3. The van der Waals surface area contributed by atoms with E-state index in [1.807, 2.05) is 0 Å². The molecule has 0 unspecified atom stereocenters. The van der Waals surface area contributed by atoms with Gasteiger partial charge in [-0.3, -0.25) is 19.8 Å². The van der Waals surface area contributed by atoms with E-state index in [1.54, 1.807) is 34.9 Å². The van der Waals surface area contributed by atoms with Crippen molar-refractivity contribution in [1.29, 1.82) is 0 Å². The van der Waals surface area contributed by atoms with E-state index < -0.39 is 29.7 Å². The summed E-state index contributed by atoms with van der Waals surface area (Å²) < 4.78 is 46.8. The number of amides is 4. The van der Waals surface area contributed by atoms with Crippen molar-refractivity contribution in [2.24, 2.45) is 5.92 Å². The molecule has 2 aliphatic rings. The molecule has 0 radical (unpaired) electrons. The van der Waals surface area contributed by atoms with Crippen molar-refractivity contribution in [3.63, 3.8) is 0 Å². The molecule has 1 aliphatic heterocycles. The van der Waals surface area contributed by atoms with E-state index in [9.17, 15) is 27.6 Å². The molecule has 10 heteroatoms. The number of hydrogen-bond donors (Lipinski definition) is 2. The van der Waals surface area contributed by atoms with Crippen LogP contribution in [-0.4, -0.2) is 48.2 Å². The molecule has 7 nitrogen and oxygen atoms in total. The third kappa shape index (κ3) is 4.94. The maximum absolute atomic E-state index is 13.9. The number of nitrogens with zero attached hydrogens (tertiary/aromatic N) is 1. The van der Waals surface area contributed by atoms with Gasteiger partial charge in [0, 0.05) is 13.0 Å². The van der Waals surface area contributed by atoms with Crippen LogP contribution in [0.2, 0.25) is 0 Å². The number of alkyl halides is 3. The third-order valence-corrected chi connectivity index (χ3v) is 5.82. The van der Waals surface area contributed by atoms with Crippen molar-refractivity contribution in [3.05, 3.63) is 29.8 Å². The summed E-state index contributed by atoms with van der Waals surface area (Å²) in [6.07, 6.45) is -0.923. The molecule has 1 saturated carbocycles. The highest BCUT2D eigenvalue weighted by Gasteiger charge is 2.68. The highest BCUT2D eigenvalue weighted by Crippen LogP contribution is 2.35. The van der Waals surface area contributed by atoms with Crippen molar-refractivity contribution in [2.75, 3.05) is 13.7 Å². The predicted octanol–water partition coefficient (Wildman–Crippen LogP) is 3.13. The normalized spacial score (nSPS) is 22.4. The van der Waals surface area contributed by atoms with E-state index in [4.69, 9.17) is 4.74 Å². The summed E-state index contributed by atoms with van der Waals surface area (Å²) in [6, 6.07) is 5.60. The summed E-state index contributed by atoms with van der Waals surface area (Å²) in [7, 11) is 1.50. The molecule has 1 aromatic carbocycles. The van der Waals surface area contributed by atoms with Crippen molar-refractivity contribution in [1.82, 2.24) is 15.5 Å². The Hall–Kier alpha value is -2.78. The van der Waals surface area contributed by atoms with Crippen LogP contribution in [0.25, 0.3) is 0 Å². The number of methoxy groups -OCH3 is 1. The average Bonchev–Trinajstić information content (AvgIpc) is 2.98. The number of nitrogens with one attached hydrogen (secondary N) is 2. The highest BCUT2D eigenvalue weighted by molar-refractivity contribution is 6.08. The number of carbonyl (C=O) groups is 3. The van der Waals surface area contributed by atoms with Crippen molar-refractivity contribution >= 4 is 17.8 Å². The monoisotopic (exact) mass is 441 g/mol. The molecule has 0 spiro atoms. The predicted molar refractivity (Wildman–Crippen MR) is 105 cm³/mol. The smallest absolute Gasteiger partial charge is 0.440 e. The Morgan fingerprint density at radius 2 is 1.84 bits per heavy atom. The van der Waals surface area contributed by atoms with E-state index in [2.05, 4.69) is 0 Å². The zero-order valence-electron chi connectivity index (χ0n) is 17.3. The standard InChI is InChI=1S/C21H26F3N3O4/c1-31-16-10-7-14(8-11-16)9-12-17(28)25-20(21(22,23)24)18(29)27(19(30)26-20)13-15-5-3-2-4-6-15/h7-8,10-11,15H,2-6,9,12-13H2,1H3,(H,25,28)(H,26,30)/t20-/m1/s1. The number of imide groups is 1. The lowest BCUT2D eigenvalue weighted by Gasteiger charge is -2.30. The van der Waals surface area contributed by atoms with Gasteiger partial charge in [0.1, 0.15) is 5.75 Å². The van der Waals surface area contributed by atoms with Gasteiger partial charge in [-0.1, -0.05) is 31.4 Å². The van der Waals surface area contributed by atoms with Gasteiger partial charge in [-0.2, -0.15) is 13.2 Å². The summed E-state index contributed by atoms with van der Waals surface area (Å²) >= 11 is 0. The summed E-state index contributed by atoms with van der Waals surface area (Å²) in [5.41, 5.74) is -2.71. The molecule has 1 saturated heterocycles. The fourth-order valence-corrected chi connectivity index (χ4v) is 4.04. The minimum absolute atomic E-state index is 0.0294. The Morgan fingerprint density at radius 3 is 2.42 bits per heavy atom. The van der Waals surface area contributed by atoms with Crippen molar-refractivity contribution in [2.45, 2.75) is 56.8 Å². The Kier molecular flexibility index (Phi) is 6.76. The van der Waals surface area contributed by atoms with Crippen LogP contribution < -0.4 is 15.4 Å². The summed E-state index contributed by atoms with van der Waals surface area (Å²) in [6.45, 7) is -0.0792. The summed E-state index contributed by atoms with van der Waals surface area (Å²) in [5, 5.41) is 3.47. The van der Waals surface area contributed by atoms with Crippen LogP contribution in [0.15, 0.2) is 24.3 Å². The number of aryl methyl sites for hydroxylation is 1. The molecule has 2 N–H and O–H groups in total. The molecule has 1 aromatic rings. The molecule has 1 aliphatic carbocycles. The highest BCUT2D eigenvalue weighted by atomic mass is 19.4. The fraction of sp³-hybridized carbons (Fsp3) is 0.571. The molecule has 4 amide bonds. The molecule has 0 bridgehead atoms. The molecule has 0 aromatic heterocycles. The first-order valence-corrected chi connectivity index (χ1v) is 10.3. The van der Waals surface area contributed by atoms with Crippen LogP contribution in [0, 0.1) is 5.92 Å². The minimum atomic E-state index is -5.18. The second-order valence-electron chi connectivity index (χ2n) is 7.99. The third-order valence-electron chi connectivity index (χ3n) is 5.82. The molecule has 31 heavy (non-hydrogen) atoms. The van der Waals surface area contributed by atoms with E-state index in [1.165, 1.54) is 7.11 Å². The van der Waals surface area contributed by atoms with Gasteiger partial charge in [-0.25, -0.2) is 4.79 Å². The van der Waals surface area contributed by atoms with Crippen LogP contribution in [-0.2, 0) is 16.0 Å². The number of carbonyl (C=O) groups excluding carboxylic acids is 3. The van der Waals surface area contributed by atoms with E-state index in [0.29, 0.717) is 10.6 Å². The number of ether oxygens (including phenoxy) is 1. The summed E-state index contributed by atoms with van der Waals surface area (Å²) in [4.78, 5) is 37.9. The van der Waals surface area contributed by atoms with Gasteiger partial charge in [0.25, 0.3) is 11.6 Å². The van der Waals surface area contributed by atoms with E-state index in [-0.39, 0.29) is 25.3 Å². The number of urea groups is 1. The number of benzene rings is 1. The quantitative estimate of drug-likeness (QED) is 0.637. The first-order chi connectivity index (χ1) is 14.7. The van der Waals surface area contributed by atoms with Crippen LogP contribution >= 0.6 is 0 Å². The molecule has 170 valence electrons. The van der Waals surface area contributed by atoms with Crippen LogP contribution in [0.3, 0.4) is 0 Å². The average molecular weight is 441 g/mol. The molecular formula is C21H26F3N3O4. The number of halogens is 3. The SMILES string of the molecule is COc1ccc(CCC(=O)N[C@@]2(C(F)(F)F)NC(=O)N(CC3CCCCC3)C2=O)cc1. The Morgan fingerprint density at radius 1 is 1.19 bits per heavy atom. The largest absolute Gasteiger partial charge is 0.497 e. The van der Waals surface area contributed by atoms with E-state index >= 15 is 0 Å². The van der Waals surface area contributed by atoms with Gasteiger partial charge in [-0.05, 0) is 42.9 Å². The maximum atomic E-state index is 13.9. The lowest BCUT2D eigenvalue weighted by Crippen LogP contribution is -2.69. The van der Waals surface area contributed by atoms with Gasteiger partial charge < -0.3 is 10.1 Å². The van der Waals surface area contributed by atoms with Crippen LogP contribution in [0.1, 0.15) is 44.1 Å². The molecule has 2 fully saturated rings. The van der Waals surface area contributed by atoms with Gasteiger partial charge in [-0.15, -0.1) is 0 Å². The number of hydrogen-bond acceptors (Lipinski definition) is 4. The lowest BCUT2D eigenvalue weighted by molar-refractivity contribution is -0.204. The number of rotatable bonds is 7. The van der Waals surface area contributed by atoms with Gasteiger partial charge in [0.05, 0.1) is 7.11 Å². The lowest BCUT2D eigenvalue weighted by atomic mass is 9.89. The first-order valence-electron chi connectivity index (χ1n) is 10.3. The Balaban J connectivity index is 1.69. The second kappa shape index (κ2) is 9.15. The minimum Gasteiger partial charge on any atom is -0.497 e. The summed E-state index contributed by atoms with van der Waals surface area (Å²) in [5.74, 6) is -1.88. The van der Waals surface area contributed by atoms with Crippen LogP contribution in [0.5, 0.6) is 5.75 Å². The molecule has 1 atom stereocenters. The van der Waals surface area contributed by atoms with Crippen molar-refractivity contribution < 1.29 is 32.3 Å². The topological polar surface area (TPSA) is 87.7 Å². The van der Waals surface area contributed by atoms with Gasteiger partial charge >= 0.3 is 12.2 Å². The maximum Gasteiger partial charge on any atom is 0.440 e. The molecule has 3 rings (SSSR count). The van der Waals surface area contributed by atoms with Gasteiger partial charge in [0.2, 0.25) is 5.91 Å². The Bertz CT molecular complexity index is 822. The molecule has 1 heterocycles. The van der Waals surface area contributed by atoms with Crippen LogP contribution in [0.4, 0.5) is 18.0 Å². The van der Waals surface area contributed by atoms with Gasteiger partial charge in [0.15, 0.2) is 0 Å². The van der Waals surface area contributed by atoms with Crippen molar-refractivity contribution in [3.8, 4) is 5.75 Å².